The van der Waals surface area contributed by atoms with Gasteiger partial charge in [0.15, 0.2) is 0 Å². The van der Waals surface area contributed by atoms with Crippen molar-refractivity contribution in [2.24, 2.45) is 5.92 Å². The summed E-state index contributed by atoms with van der Waals surface area (Å²) in [7, 11) is 0. The second-order valence-electron chi connectivity index (χ2n) is 7.51. The molecule has 0 unspecified atom stereocenters. The molecule has 0 bridgehead atoms. The van der Waals surface area contributed by atoms with Gasteiger partial charge in [-0.3, -0.25) is 4.79 Å². The van der Waals surface area contributed by atoms with Crippen LogP contribution < -0.4 is 10.6 Å². The summed E-state index contributed by atoms with van der Waals surface area (Å²) < 4.78 is 0. The summed E-state index contributed by atoms with van der Waals surface area (Å²) in [6.07, 6.45) is 4.11. The lowest BCUT2D eigenvalue weighted by atomic mass is 9.89. The number of hydrogen-bond donors (Lipinski definition) is 3. The zero-order valence-electron chi connectivity index (χ0n) is 15.2. The van der Waals surface area contributed by atoms with Gasteiger partial charge in [-0.25, -0.2) is 4.79 Å². The molecular formula is C22H24N2O3. The molecule has 2 fully saturated rings. The van der Waals surface area contributed by atoms with Gasteiger partial charge in [0.1, 0.15) is 0 Å². The fraction of sp³-hybridized carbons (Fsp3) is 0.364. The van der Waals surface area contributed by atoms with Gasteiger partial charge in [0, 0.05) is 11.6 Å². The van der Waals surface area contributed by atoms with Gasteiger partial charge in [-0.2, -0.15) is 0 Å². The monoisotopic (exact) mass is 364 g/mol. The van der Waals surface area contributed by atoms with Crippen molar-refractivity contribution in [1.29, 1.82) is 0 Å². The third kappa shape index (κ3) is 4.19. The Hall–Kier alpha value is -2.66. The zero-order valence-corrected chi connectivity index (χ0v) is 15.2. The van der Waals surface area contributed by atoms with Crippen LogP contribution in [0.25, 0.3) is 11.1 Å². The summed E-state index contributed by atoms with van der Waals surface area (Å²) >= 11 is 0. The van der Waals surface area contributed by atoms with E-state index in [1.54, 1.807) is 6.07 Å². The molecule has 5 nitrogen and oxygen atoms in total. The van der Waals surface area contributed by atoms with Crippen molar-refractivity contribution in [2.45, 2.75) is 31.6 Å². The molecule has 1 heterocycles. The van der Waals surface area contributed by atoms with E-state index in [-0.39, 0.29) is 17.4 Å². The molecule has 2 aromatic rings. The highest BCUT2D eigenvalue weighted by Gasteiger charge is 2.29. The minimum Gasteiger partial charge on any atom is -0.478 e. The van der Waals surface area contributed by atoms with Crippen molar-refractivity contribution >= 4 is 17.6 Å². The van der Waals surface area contributed by atoms with E-state index < -0.39 is 5.97 Å². The lowest BCUT2D eigenvalue weighted by molar-refractivity contribution is -0.117. The molecule has 4 rings (SSSR count). The average molecular weight is 364 g/mol. The van der Waals surface area contributed by atoms with Crippen LogP contribution in [-0.2, 0) is 4.79 Å². The summed E-state index contributed by atoms with van der Waals surface area (Å²) in [4.78, 5) is 23.6. The van der Waals surface area contributed by atoms with Crippen molar-refractivity contribution in [3.8, 4) is 11.1 Å². The quantitative estimate of drug-likeness (QED) is 0.753. The second kappa shape index (κ2) is 7.53. The van der Waals surface area contributed by atoms with Gasteiger partial charge in [-0.1, -0.05) is 24.3 Å². The number of anilines is 1. The van der Waals surface area contributed by atoms with Gasteiger partial charge in [0.2, 0.25) is 5.91 Å². The number of carboxylic acid groups (broad SMARTS) is 1. The highest BCUT2D eigenvalue weighted by molar-refractivity contribution is 5.97. The number of nitrogens with one attached hydrogen (secondary N) is 2. The van der Waals surface area contributed by atoms with Gasteiger partial charge >= 0.3 is 5.97 Å². The third-order valence-corrected chi connectivity index (χ3v) is 5.45. The number of piperidine rings is 1. The number of aromatic carboxylic acids is 1. The first-order valence-corrected chi connectivity index (χ1v) is 9.60. The Kier molecular flexibility index (Phi) is 4.94. The number of benzene rings is 2. The van der Waals surface area contributed by atoms with E-state index in [0.717, 1.165) is 49.9 Å². The molecule has 1 amide bonds. The molecule has 0 aromatic heterocycles. The molecule has 3 N–H and O–H groups in total. The summed E-state index contributed by atoms with van der Waals surface area (Å²) in [6.45, 7) is 2.11. The molecule has 27 heavy (non-hydrogen) atoms. The average Bonchev–Trinajstić information content (AvgIpc) is 3.54. The molecule has 0 spiro atoms. The Balaban J connectivity index is 1.60. The topological polar surface area (TPSA) is 78.4 Å². The van der Waals surface area contributed by atoms with Gasteiger partial charge in [-0.15, -0.1) is 0 Å². The molecule has 5 heteroatoms. The van der Waals surface area contributed by atoms with Crippen molar-refractivity contribution < 1.29 is 14.7 Å². The summed E-state index contributed by atoms with van der Waals surface area (Å²) in [6, 6.07) is 13.4. The predicted octanol–water partition coefficient (Wildman–Crippen LogP) is 3.87. The number of carboxylic acids is 1. The van der Waals surface area contributed by atoms with Gasteiger partial charge in [0.25, 0.3) is 0 Å². The van der Waals surface area contributed by atoms with Crippen molar-refractivity contribution in [2.75, 3.05) is 18.4 Å². The second-order valence-corrected chi connectivity index (χ2v) is 7.51. The molecule has 1 saturated carbocycles. The Labute approximate surface area is 158 Å². The predicted molar refractivity (Wildman–Crippen MR) is 105 cm³/mol. The number of carbonyl (C=O) groups is 2. The number of hydrogen-bond acceptors (Lipinski definition) is 3. The van der Waals surface area contributed by atoms with E-state index in [2.05, 4.69) is 22.8 Å². The minimum absolute atomic E-state index is 0.0234. The molecule has 2 aromatic carbocycles. The van der Waals surface area contributed by atoms with Crippen molar-refractivity contribution in [3.63, 3.8) is 0 Å². The van der Waals surface area contributed by atoms with Crippen LogP contribution in [0.2, 0.25) is 0 Å². The number of amides is 1. The summed E-state index contributed by atoms with van der Waals surface area (Å²) in [5.41, 5.74) is 3.82. The van der Waals surface area contributed by atoms with Crippen LogP contribution in [0.15, 0.2) is 42.5 Å². The van der Waals surface area contributed by atoms with Crippen LogP contribution in [0.4, 0.5) is 5.69 Å². The molecule has 140 valence electrons. The van der Waals surface area contributed by atoms with E-state index in [1.165, 1.54) is 11.6 Å². The Bertz CT molecular complexity index is 850. The fourth-order valence-electron chi connectivity index (χ4n) is 3.68. The molecular weight excluding hydrogens is 340 g/mol. The largest absolute Gasteiger partial charge is 0.478 e. The number of carbonyl (C=O) groups excluding carboxylic acids is 1. The van der Waals surface area contributed by atoms with E-state index in [0.29, 0.717) is 11.6 Å². The fourth-order valence-corrected chi connectivity index (χ4v) is 3.68. The van der Waals surface area contributed by atoms with Crippen LogP contribution in [0.3, 0.4) is 0 Å². The van der Waals surface area contributed by atoms with Gasteiger partial charge < -0.3 is 15.7 Å². The Morgan fingerprint density at radius 1 is 0.926 bits per heavy atom. The normalized spacial score (nSPS) is 17.5. The van der Waals surface area contributed by atoms with Crippen LogP contribution in [0.1, 0.15) is 47.5 Å². The first kappa shape index (κ1) is 17.7. The van der Waals surface area contributed by atoms with E-state index >= 15 is 0 Å². The molecule has 1 aliphatic heterocycles. The Morgan fingerprint density at radius 3 is 2.26 bits per heavy atom. The lowest BCUT2D eigenvalue weighted by Crippen LogP contribution is -2.26. The third-order valence-electron chi connectivity index (χ3n) is 5.45. The van der Waals surface area contributed by atoms with Crippen molar-refractivity contribution in [1.82, 2.24) is 5.32 Å². The van der Waals surface area contributed by atoms with Crippen LogP contribution in [0, 0.1) is 5.92 Å². The SMILES string of the molecule is O=C(O)c1cc(NC(=O)C2CC2)cc(-c2ccc(C3CCNCC3)cc2)c1. The van der Waals surface area contributed by atoms with Crippen LogP contribution in [0.5, 0.6) is 0 Å². The van der Waals surface area contributed by atoms with E-state index in [1.807, 2.05) is 18.2 Å². The smallest absolute Gasteiger partial charge is 0.335 e. The highest BCUT2D eigenvalue weighted by Crippen LogP contribution is 2.32. The minimum atomic E-state index is -0.995. The zero-order chi connectivity index (χ0) is 18.8. The first-order valence-electron chi connectivity index (χ1n) is 9.60. The van der Waals surface area contributed by atoms with Crippen LogP contribution >= 0.6 is 0 Å². The first-order chi connectivity index (χ1) is 13.1. The molecule has 2 aliphatic rings. The summed E-state index contributed by atoms with van der Waals surface area (Å²) in [5.74, 6) is -0.361. The maximum Gasteiger partial charge on any atom is 0.335 e. The molecule has 0 radical (unpaired) electrons. The van der Waals surface area contributed by atoms with Crippen LogP contribution in [-0.4, -0.2) is 30.1 Å². The maximum absolute atomic E-state index is 12.1. The van der Waals surface area contributed by atoms with Gasteiger partial charge in [0.05, 0.1) is 5.56 Å². The van der Waals surface area contributed by atoms with E-state index in [4.69, 9.17) is 0 Å². The number of rotatable bonds is 5. The standard InChI is InChI=1S/C22H24N2O3/c25-21(17-5-6-17)24-20-12-18(11-19(13-20)22(26)27)15-3-1-14(2-4-15)16-7-9-23-10-8-16/h1-4,11-13,16-17,23H,5-10H2,(H,24,25)(H,26,27). The summed E-state index contributed by atoms with van der Waals surface area (Å²) in [5, 5.41) is 15.7. The lowest BCUT2D eigenvalue weighted by Gasteiger charge is -2.23. The Morgan fingerprint density at radius 2 is 1.63 bits per heavy atom. The maximum atomic E-state index is 12.1. The molecule has 1 saturated heterocycles. The molecule has 0 atom stereocenters. The highest BCUT2D eigenvalue weighted by atomic mass is 16.4. The molecule has 1 aliphatic carbocycles. The van der Waals surface area contributed by atoms with E-state index in [9.17, 15) is 14.7 Å². The van der Waals surface area contributed by atoms with Crippen molar-refractivity contribution in [3.05, 3.63) is 53.6 Å². The van der Waals surface area contributed by atoms with Gasteiger partial charge in [-0.05, 0) is 79.6 Å².